The molecular formula is C18H26N2O2. The average Bonchev–Trinajstić information content (AvgIpc) is 2.77. The van der Waals surface area contributed by atoms with Crippen molar-refractivity contribution in [3.63, 3.8) is 0 Å². The number of benzene rings is 1. The highest BCUT2D eigenvalue weighted by Crippen LogP contribution is 2.40. The quantitative estimate of drug-likeness (QED) is 0.930. The lowest BCUT2D eigenvalue weighted by molar-refractivity contribution is -0.143. The SMILES string of the molecule is CCCN1C(=O)CCC1(C(=O)NC(C)(C)C)c1ccccc1. The fraction of sp³-hybridized carbons (Fsp3) is 0.556. The standard InChI is InChI=1S/C18H26N2O2/c1-5-13-20-15(21)11-12-18(20,14-9-7-6-8-10-14)16(22)19-17(2,3)4/h6-10H,5,11-13H2,1-4H3,(H,19,22). The molecule has 120 valence electrons. The molecule has 1 aromatic rings. The summed E-state index contributed by atoms with van der Waals surface area (Å²) < 4.78 is 0. The van der Waals surface area contributed by atoms with Gasteiger partial charge >= 0.3 is 0 Å². The van der Waals surface area contributed by atoms with Crippen LogP contribution in [0.25, 0.3) is 0 Å². The molecule has 2 amide bonds. The van der Waals surface area contributed by atoms with Gasteiger partial charge in [0.05, 0.1) is 0 Å². The van der Waals surface area contributed by atoms with Crippen molar-refractivity contribution in [3.8, 4) is 0 Å². The fourth-order valence-corrected chi connectivity index (χ4v) is 3.14. The van der Waals surface area contributed by atoms with Gasteiger partial charge in [0.1, 0.15) is 5.54 Å². The van der Waals surface area contributed by atoms with Crippen molar-refractivity contribution in [2.24, 2.45) is 0 Å². The molecule has 2 rings (SSSR count). The van der Waals surface area contributed by atoms with Crippen LogP contribution in [0.4, 0.5) is 0 Å². The summed E-state index contributed by atoms with van der Waals surface area (Å²) in [6.45, 7) is 8.52. The molecule has 1 aliphatic heterocycles. The van der Waals surface area contributed by atoms with E-state index in [-0.39, 0.29) is 17.4 Å². The summed E-state index contributed by atoms with van der Waals surface area (Å²) in [7, 11) is 0. The van der Waals surface area contributed by atoms with Gasteiger partial charge in [0.25, 0.3) is 5.91 Å². The Morgan fingerprint density at radius 3 is 2.45 bits per heavy atom. The summed E-state index contributed by atoms with van der Waals surface area (Å²) in [4.78, 5) is 27.2. The fourth-order valence-electron chi connectivity index (χ4n) is 3.14. The van der Waals surface area contributed by atoms with Gasteiger partial charge in [-0.15, -0.1) is 0 Å². The molecule has 1 N–H and O–H groups in total. The molecular weight excluding hydrogens is 276 g/mol. The Bertz CT molecular complexity index is 548. The molecule has 1 atom stereocenters. The third-order valence-electron chi connectivity index (χ3n) is 4.03. The average molecular weight is 302 g/mol. The minimum absolute atomic E-state index is 0.0646. The summed E-state index contributed by atoms with van der Waals surface area (Å²) in [5.74, 6) is -0.0136. The van der Waals surface area contributed by atoms with Gasteiger partial charge in [-0.2, -0.15) is 0 Å². The predicted molar refractivity (Wildman–Crippen MR) is 87.3 cm³/mol. The highest BCUT2D eigenvalue weighted by atomic mass is 16.2. The van der Waals surface area contributed by atoms with Gasteiger partial charge in [-0.25, -0.2) is 0 Å². The highest BCUT2D eigenvalue weighted by Gasteiger charge is 2.52. The molecule has 1 unspecified atom stereocenters. The number of rotatable bonds is 4. The minimum atomic E-state index is -0.873. The molecule has 4 heteroatoms. The maximum absolute atomic E-state index is 13.1. The zero-order chi connectivity index (χ0) is 16.4. The van der Waals surface area contributed by atoms with Gasteiger partial charge < -0.3 is 10.2 Å². The molecule has 0 radical (unpaired) electrons. The van der Waals surface area contributed by atoms with Gasteiger partial charge in [-0.3, -0.25) is 9.59 Å². The first kappa shape index (κ1) is 16.5. The summed E-state index contributed by atoms with van der Waals surface area (Å²) in [6.07, 6.45) is 1.80. The first-order valence-corrected chi connectivity index (χ1v) is 8.00. The summed E-state index contributed by atoms with van der Waals surface area (Å²) >= 11 is 0. The zero-order valence-corrected chi connectivity index (χ0v) is 14.0. The van der Waals surface area contributed by atoms with Gasteiger partial charge in [-0.05, 0) is 39.2 Å². The number of carbonyl (C=O) groups is 2. The Balaban J connectivity index is 2.50. The topological polar surface area (TPSA) is 49.4 Å². The molecule has 4 nitrogen and oxygen atoms in total. The van der Waals surface area contributed by atoms with Crippen molar-refractivity contribution in [2.75, 3.05) is 6.54 Å². The van der Waals surface area contributed by atoms with E-state index < -0.39 is 5.54 Å². The van der Waals surface area contributed by atoms with Crippen molar-refractivity contribution in [1.29, 1.82) is 0 Å². The van der Waals surface area contributed by atoms with Crippen LogP contribution in [0.2, 0.25) is 0 Å². The van der Waals surface area contributed by atoms with E-state index in [1.165, 1.54) is 0 Å². The van der Waals surface area contributed by atoms with Gasteiger partial charge in [0.2, 0.25) is 5.91 Å². The third kappa shape index (κ3) is 3.01. The second-order valence-electron chi connectivity index (χ2n) is 6.98. The molecule has 0 saturated carbocycles. The largest absolute Gasteiger partial charge is 0.349 e. The van der Waals surface area contributed by atoms with E-state index in [1.54, 1.807) is 4.90 Å². The van der Waals surface area contributed by atoms with Crippen LogP contribution in [0.15, 0.2) is 30.3 Å². The molecule has 0 spiro atoms. The first-order valence-electron chi connectivity index (χ1n) is 8.00. The molecule has 1 fully saturated rings. The van der Waals surface area contributed by atoms with E-state index >= 15 is 0 Å². The van der Waals surface area contributed by atoms with Crippen molar-refractivity contribution >= 4 is 11.8 Å². The van der Waals surface area contributed by atoms with Crippen LogP contribution in [-0.4, -0.2) is 28.8 Å². The van der Waals surface area contributed by atoms with E-state index in [0.29, 0.717) is 19.4 Å². The number of likely N-dealkylation sites (tertiary alicyclic amines) is 1. The van der Waals surface area contributed by atoms with Crippen LogP contribution >= 0.6 is 0 Å². The summed E-state index contributed by atoms with van der Waals surface area (Å²) in [6, 6.07) is 9.68. The molecule has 0 aliphatic carbocycles. The monoisotopic (exact) mass is 302 g/mol. The Hall–Kier alpha value is -1.84. The van der Waals surface area contributed by atoms with Crippen molar-refractivity contribution < 1.29 is 9.59 Å². The molecule has 0 bridgehead atoms. The predicted octanol–water partition coefficient (Wildman–Crippen LogP) is 2.83. The molecule has 1 aliphatic rings. The maximum atomic E-state index is 13.1. The second-order valence-corrected chi connectivity index (χ2v) is 6.98. The van der Waals surface area contributed by atoms with E-state index in [2.05, 4.69) is 5.32 Å². The molecule has 1 heterocycles. The molecule has 0 aromatic heterocycles. The lowest BCUT2D eigenvalue weighted by Crippen LogP contribution is -2.57. The van der Waals surface area contributed by atoms with Crippen LogP contribution in [0.1, 0.15) is 52.5 Å². The number of nitrogens with one attached hydrogen (secondary N) is 1. The Morgan fingerprint density at radius 1 is 1.27 bits per heavy atom. The smallest absolute Gasteiger partial charge is 0.251 e. The van der Waals surface area contributed by atoms with Crippen LogP contribution in [0, 0.1) is 0 Å². The highest BCUT2D eigenvalue weighted by molar-refractivity contribution is 5.96. The second kappa shape index (κ2) is 6.11. The molecule has 1 saturated heterocycles. The van der Waals surface area contributed by atoms with E-state index in [0.717, 1.165) is 12.0 Å². The molecule has 1 aromatic carbocycles. The van der Waals surface area contributed by atoms with Crippen LogP contribution in [0.3, 0.4) is 0 Å². The van der Waals surface area contributed by atoms with Crippen molar-refractivity contribution in [3.05, 3.63) is 35.9 Å². The van der Waals surface area contributed by atoms with Crippen molar-refractivity contribution in [1.82, 2.24) is 10.2 Å². The maximum Gasteiger partial charge on any atom is 0.251 e. The number of nitrogens with zero attached hydrogens (tertiary/aromatic N) is 1. The van der Waals surface area contributed by atoms with Crippen molar-refractivity contribution in [2.45, 2.75) is 58.0 Å². The van der Waals surface area contributed by atoms with Crippen LogP contribution in [-0.2, 0) is 15.1 Å². The number of hydrogen-bond acceptors (Lipinski definition) is 2. The van der Waals surface area contributed by atoms with E-state index in [4.69, 9.17) is 0 Å². The Kier molecular flexibility index (Phi) is 4.59. The number of hydrogen-bond donors (Lipinski definition) is 1. The van der Waals surface area contributed by atoms with Crippen LogP contribution in [0.5, 0.6) is 0 Å². The van der Waals surface area contributed by atoms with Gasteiger partial charge in [0, 0.05) is 18.5 Å². The minimum Gasteiger partial charge on any atom is -0.349 e. The van der Waals surface area contributed by atoms with E-state index in [1.807, 2.05) is 58.0 Å². The third-order valence-corrected chi connectivity index (χ3v) is 4.03. The van der Waals surface area contributed by atoms with Gasteiger partial charge in [0.15, 0.2) is 0 Å². The lowest BCUT2D eigenvalue weighted by Gasteiger charge is -2.39. The zero-order valence-electron chi connectivity index (χ0n) is 14.0. The van der Waals surface area contributed by atoms with Gasteiger partial charge in [-0.1, -0.05) is 37.3 Å². The molecule has 22 heavy (non-hydrogen) atoms. The number of amides is 2. The Labute approximate surface area is 132 Å². The first-order chi connectivity index (χ1) is 10.3. The van der Waals surface area contributed by atoms with E-state index in [9.17, 15) is 9.59 Å². The van der Waals surface area contributed by atoms with Crippen LogP contribution < -0.4 is 5.32 Å². The lowest BCUT2D eigenvalue weighted by atomic mass is 9.85. The summed E-state index contributed by atoms with van der Waals surface area (Å²) in [5, 5.41) is 3.08. The Morgan fingerprint density at radius 2 is 1.91 bits per heavy atom. The summed E-state index contributed by atoms with van der Waals surface area (Å²) in [5.41, 5.74) is -0.305. The number of carbonyl (C=O) groups excluding carboxylic acids is 2. The normalized spacial score (nSPS) is 22.0.